The first-order valence-electron chi connectivity index (χ1n) is 9.02. The van der Waals surface area contributed by atoms with Gasteiger partial charge in [0.15, 0.2) is 0 Å². The Balaban J connectivity index is 0.00000458. The third-order valence-corrected chi connectivity index (χ3v) is 4.58. The van der Waals surface area contributed by atoms with E-state index in [2.05, 4.69) is 4.99 Å². The molecule has 1 N–H and O–H groups in total. The van der Waals surface area contributed by atoms with E-state index in [0.29, 0.717) is 0 Å². The number of rotatable bonds is 9. The number of aryl methyl sites for hydroxylation is 1. The molecule has 0 unspecified atom stereocenters. The van der Waals surface area contributed by atoms with Gasteiger partial charge in [-0.15, -0.1) is 0 Å². The molecule has 0 fully saturated rings. The monoisotopic (exact) mass is 685 g/mol. The average molecular weight is 686 g/mol. The van der Waals surface area contributed by atoms with Crippen molar-refractivity contribution in [2.24, 2.45) is 4.99 Å². The molecule has 0 amide bonds. The van der Waals surface area contributed by atoms with E-state index in [1.54, 1.807) is 0 Å². The number of aliphatic imine (C=N–C) groups is 1. The standard InChI is InChI=1S/C17H10F17NO.2ClH.Ti/c1-7-3-2-4-8(9(7)36)5-35-6-10(18,19)11(20,21)12(22,23)13(24,25)14(26,27)15(28,29)16(30,31)17(32,33)34;;;/h2-5,36H,6H2,1H3;2*1H;/q;;;+2/p-2. The van der Waals surface area contributed by atoms with Crippen LogP contribution < -0.4 is 0 Å². The number of hydrogen-bond acceptors (Lipinski definition) is 2. The molecule has 1 aromatic rings. The van der Waals surface area contributed by atoms with E-state index in [1.165, 1.54) is 13.0 Å². The normalized spacial score (nSPS) is 14.8. The summed E-state index contributed by atoms with van der Waals surface area (Å²) in [5.41, 5.74) is -0.507. The van der Waals surface area contributed by atoms with Crippen molar-refractivity contribution in [1.82, 2.24) is 0 Å². The molecule has 1 aromatic carbocycles. The van der Waals surface area contributed by atoms with E-state index in [1.807, 2.05) is 0 Å². The average Bonchev–Trinajstić information content (AvgIpc) is 2.75. The molecule has 39 heavy (non-hydrogen) atoms. The van der Waals surface area contributed by atoms with E-state index in [9.17, 15) is 79.7 Å². The second-order valence-corrected chi connectivity index (χ2v) is 9.78. The number of halogens is 19. The number of phenolic OH excluding ortho intramolecular Hbond substituents is 1. The van der Waals surface area contributed by atoms with Gasteiger partial charge in [0.1, 0.15) is 12.3 Å². The summed E-state index contributed by atoms with van der Waals surface area (Å²) < 4.78 is 224. The predicted octanol–water partition coefficient (Wildman–Crippen LogP) is 8.51. The van der Waals surface area contributed by atoms with E-state index < -0.39 is 82.5 Å². The van der Waals surface area contributed by atoms with Crippen LogP contribution in [0.2, 0.25) is 0 Å². The zero-order valence-electron chi connectivity index (χ0n) is 18.1. The van der Waals surface area contributed by atoms with Crippen LogP contribution in [0, 0.1) is 6.92 Å². The molecule has 0 spiro atoms. The summed E-state index contributed by atoms with van der Waals surface area (Å²) in [6.07, 6.45) is -7.69. The van der Waals surface area contributed by atoms with Crippen molar-refractivity contribution in [2.45, 2.75) is 54.6 Å². The predicted molar refractivity (Wildman–Crippen MR) is 97.7 cm³/mol. The number of benzene rings is 1. The Bertz CT molecular complexity index is 1010. The van der Waals surface area contributed by atoms with Crippen LogP contribution in [0.5, 0.6) is 5.75 Å². The number of nitrogens with zero attached hydrogens (tertiary/aromatic N) is 1. The first-order chi connectivity index (χ1) is 17.1. The fourth-order valence-electron chi connectivity index (χ4n) is 2.34. The third-order valence-electron chi connectivity index (χ3n) is 4.58. The summed E-state index contributed by atoms with van der Waals surface area (Å²) in [6, 6.07) is 3.22. The molecule has 1 rings (SSSR count). The summed E-state index contributed by atoms with van der Waals surface area (Å²) >= 11 is -0.556. The van der Waals surface area contributed by atoms with Crippen molar-refractivity contribution in [3.63, 3.8) is 0 Å². The van der Waals surface area contributed by atoms with E-state index >= 15 is 0 Å². The number of hydrogen-bond donors (Lipinski definition) is 1. The zero-order chi connectivity index (χ0) is 31.7. The first kappa shape index (κ1) is 37.8. The minimum absolute atomic E-state index is 0.0287. The molecule has 0 bridgehead atoms. The fourth-order valence-corrected chi connectivity index (χ4v) is 2.34. The molecule has 0 heterocycles. The van der Waals surface area contributed by atoms with Crippen LogP contribution in [0.1, 0.15) is 11.1 Å². The number of aromatic hydroxyl groups is 1. The maximum absolute atomic E-state index is 13.7. The van der Waals surface area contributed by atoms with Crippen LogP contribution in [0.15, 0.2) is 23.2 Å². The Morgan fingerprint density at radius 2 is 1.05 bits per heavy atom. The Labute approximate surface area is 222 Å². The fraction of sp³-hybridized carbons (Fsp3) is 0.588. The number of para-hydroxylation sites is 1. The molecule has 0 saturated carbocycles. The van der Waals surface area contributed by atoms with Gasteiger partial charge in [-0.1, -0.05) is 12.1 Å². The summed E-state index contributed by atoms with van der Waals surface area (Å²) in [5, 5.41) is 9.57. The van der Waals surface area contributed by atoms with E-state index in [4.69, 9.17) is 18.6 Å². The molecule has 2 nitrogen and oxygen atoms in total. The van der Waals surface area contributed by atoms with Gasteiger partial charge in [-0.3, -0.25) is 4.99 Å². The van der Waals surface area contributed by atoms with Crippen molar-refractivity contribution in [3.05, 3.63) is 29.3 Å². The van der Waals surface area contributed by atoms with Crippen molar-refractivity contribution < 1.29 is 96.8 Å². The van der Waals surface area contributed by atoms with Gasteiger partial charge in [-0.25, -0.2) is 0 Å². The van der Waals surface area contributed by atoms with Crippen LogP contribution in [0.25, 0.3) is 0 Å². The Kier molecular flexibility index (Phi) is 11.6. The molecule has 0 aliphatic heterocycles. The molecule has 0 aromatic heterocycles. The topological polar surface area (TPSA) is 32.6 Å². The second kappa shape index (κ2) is 12.0. The molecule has 0 aliphatic rings. The van der Waals surface area contributed by atoms with Gasteiger partial charge in [0.25, 0.3) is 0 Å². The van der Waals surface area contributed by atoms with E-state index in [0.717, 1.165) is 12.1 Å². The Morgan fingerprint density at radius 3 is 1.44 bits per heavy atom. The molecule has 0 atom stereocenters. The van der Waals surface area contributed by atoms with Gasteiger partial charge in [0, 0.05) is 11.8 Å². The minimum atomic E-state index is -8.67. The Morgan fingerprint density at radius 1 is 0.692 bits per heavy atom. The number of phenols is 1. The van der Waals surface area contributed by atoms with Crippen LogP contribution in [-0.2, 0) is 17.0 Å². The maximum atomic E-state index is 13.7. The third kappa shape index (κ3) is 6.50. The van der Waals surface area contributed by atoms with Crippen LogP contribution in [0.3, 0.4) is 0 Å². The molecular formula is C17H10Cl2F17NOTi. The van der Waals surface area contributed by atoms with Gasteiger partial charge >= 0.3 is 83.3 Å². The van der Waals surface area contributed by atoms with Gasteiger partial charge in [-0.2, -0.15) is 74.6 Å². The molecule has 22 heteroatoms. The molecular weight excluding hydrogens is 676 g/mol. The van der Waals surface area contributed by atoms with Gasteiger partial charge in [0.2, 0.25) is 0 Å². The van der Waals surface area contributed by atoms with E-state index in [-0.39, 0.29) is 11.8 Å². The van der Waals surface area contributed by atoms with Crippen molar-refractivity contribution >= 4 is 24.8 Å². The first-order valence-corrected chi connectivity index (χ1v) is 13.3. The van der Waals surface area contributed by atoms with Crippen molar-refractivity contribution in [1.29, 1.82) is 0 Å². The molecule has 0 radical (unpaired) electrons. The molecule has 0 saturated heterocycles. The van der Waals surface area contributed by atoms with Gasteiger partial charge in [-0.05, 0) is 18.6 Å². The van der Waals surface area contributed by atoms with Crippen LogP contribution in [-0.4, -0.2) is 65.5 Å². The quantitative estimate of drug-likeness (QED) is 0.158. The summed E-state index contributed by atoms with van der Waals surface area (Å²) in [4.78, 5) is 2.46. The van der Waals surface area contributed by atoms with Crippen molar-refractivity contribution in [2.75, 3.05) is 6.54 Å². The van der Waals surface area contributed by atoms with Crippen molar-refractivity contribution in [3.8, 4) is 5.75 Å². The van der Waals surface area contributed by atoms with Gasteiger partial charge < -0.3 is 5.11 Å². The molecule has 0 aliphatic carbocycles. The van der Waals surface area contributed by atoms with Crippen LogP contribution in [0.4, 0.5) is 74.6 Å². The summed E-state index contributed by atoms with van der Waals surface area (Å²) in [5.74, 6) is -57.5. The van der Waals surface area contributed by atoms with Gasteiger partial charge in [0.05, 0.1) is 0 Å². The second-order valence-electron chi connectivity index (χ2n) is 7.20. The Hall–Kier alpha value is -1.21. The summed E-state index contributed by atoms with van der Waals surface area (Å²) in [6.45, 7) is -1.74. The number of alkyl halides is 17. The molecule has 226 valence electrons. The summed E-state index contributed by atoms with van der Waals surface area (Å²) in [7, 11) is 9.78. The zero-order valence-corrected chi connectivity index (χ0v) is 21.2. The SMILES string of the molecule is Cc1cccc(C=NCC(F)(F)C(F)(F)C(F)(F)C(F)(F)C(F)(F)C(F)(F)C(F)(F)C(F)(F)F)c1O.[Cl][Ti][Cl]. The van der Waals surface area contributed by atoms with Crippen LogP contribution >= 0.6 is 18.6 Å².